The summed E-state index contributed by atoms with van der Waals surface area (Å²) in [7, 11) is 0. The van der Waals surface area contributed by atoms with Crippen LogP contribution in [0.2, 0.25) is 0 Å². The number of hydrogen-bond acceptors (Lipinski definition) is 5. The molecule has 0 bridgehead atoms. The number of aryl methyl sites for hydroxylation is 1. The summed E-state index contributed by atoms with van der Waals surface area (Å²) in [4.78, 5) is 6.45. The van der Waals surface area contributed by atoms with Crippen molar-refractivity contribution in [1.29, 1.82) is 0 Å². The second kappa shape index (κ2) is 3.82. The number of β-amino-alcohol motifs (C(OH)–C–C–N with tert-alkyl or cyclic N) is 1. The molecule has 78 valence electrons. The first-order valence-corrected chi connectivity index (χ1v) is 5.66. The number of aromatic nitrogens is 2. The lowest BCUT2D eigenvalue weighted by Gasteiger charge is -2.33. The van der Waals surface area contributed by atoms with Gasteiger partial charge in [-0.15, -0.1) is 0 Å². The molecule has 1 aromatic rings. The van der Waals surface area contributed by atoms with E-state index in [9.17, 15) is 5.11 Å². The van der Waals surface area contributed by atoms with E-state index < -0.39 is 0 Å². The molecule has 2 atom stereocenters. The number of piperidine rings is 1. The molecule has 1 saturated heterocycles. The van der Waals surface area contributed by atoms with Crippen molar-refractivity contribution in [2.24, 2.45) is 5.92 Å². The summed E-state index contributed by atoms with van der Waals surface area (Å²) in [6.45, 7) is 5.72. The van der Waals surface area contributed by atoms with E-state index in [0.29, 0.717) is 12.5 Å². The maximum absolute atomic E-state index is 9.63. The van der Waals surface area contributed by atoms with Crippen molar-refractivity contribution >= 4 is 16.7 Å². The summed E-state index contributed by atoms with van der Waals surface area (Å²) >= 11 is 1.41. The highest BCUT2D eigenvalue weighted by atomic mass is 32.1. The third-order valence-electron chi connectivity index (χ3n) is 2.43. The van der Waals surface area contributed by atoms with Crippen molar-refractivity contribution in [2.75, 3.05) is 18.0 Å². The molecule has 1 aromatic heterocycles. The van der Waals surface area contributed by atoms with Gasteiger partial charge in [0.25, 0.3) is 0 Å². The number of rotatable bonds is 1. The molecule has 0 saturated carbocycles. The van der Waals surface area contributed by atoms with Crippen LogP contribution in [0.3, 0.4) is 0 Å². The van der Waals surface area contributed by atoms with Crippen LogP contribution >= 0.6 is 11.5 Å². The fraction of sp³-hybridized carbons (Fsp3) is 0.778. The van der Waals surface area contributed by atoms with Gasteiger partial charge < -0.3 is 10.0 Å². The largest absolute Gasteiger partial charge is 0.391 e. The van der Waals surface area contributed by atoms with Crippen LogP contribution in [0.15, 0.2) is 0 Å². The van der Waals surface area contributed by atoms with Crippen LogP contribution in [0.4, 0.5) is 5.13 Å². The summed E-state index contributed by atoms with van der Waals surface area (Å²) in [6, 6.07) is 0. The Hall–Kier alpha value is -0.680. The van der Waals surface area contributed by atoms with E-state index in [4.69, 9.17) is 0 Å². The van der Waals surface area contributed by atoms with Gasteiger partial charge in [-0.1, -0.05) is 6.92 Å². The normalized spacial score (nSPS) is 28.1. The maximum atomic E-state index is 9.63. The molecule has 0 aliphatic carbocycles. The highest BCUT2D eigenvalue weighted by Gasteiger charge is 2.24. The SMILES string of the molecule is Cc1nsc(N2CC(C)CC(O)C2)n1. The van der Waals surface area contributed by atoms with Gasteiger partial charge in [-0.25, -0.2) is 4.98 Å². The molecule has 2 rings (SSSR count). The molecule has 0 amide bonds. The lowest BCUT2D eigenvalue weighted by Crippen LogP contribution is -2.42. The third-order valence-corrected chi connectivity index (χ3v) is 3.29. The molecule has 1 fully saturated rings. The predicted molar refractivity (Wildman–Crippen MR) is 56.6 cm³/mol. The molecular weight excluding hydrogens is 198 g/mol. The van der Waals surface area contributed by atoms with Crippen LogP contribution in [-0.2, 0) is 0 Å². The molecule has 1 aliphatic heterocycles. The fourth-order valence-corrected chi connectivity index (χ4v) is 2.58. The van der Waals surface area contributed by atoms with Crippen molar-refractivity contribution < 1.29 is 5.11 Å². The Kier molecular flexibility index (Phi) is 2.69. The molecule has 2 unspecified atom stereocenters. The van der Waals surface area contributed by atoms with Crippen molar-refractivity contribution in [3.05, 3.63) is 5.82 Å². The van der Waals surface area contributed by atoms with Gasteiger partial charge in [0.15, 0.2) is 0 Å². The number of nitrogens with zero attached hydrogens (tertiary/aromatic N) is 3. The molecule has 2 heterocycles. The average molecular weight is 213 g/mol. The average Bonchev–Trinajstić information content (AvgIpc) is 2.50. The monoisotopic (exact) mass is 213 g/mol. The van der Waals surface area contributed by atoms with Gasteiger partial charge >= 0.3 is 0 Å². The van der Waals surface area contributed by atoms with Gasteiger partial charge in [-0.3, -0.25) is 0 Å². The van der Waals surface area contributed by atoms with E-state index >= 15 is 0 Å². The summed E-state index contributed by atoms with van der Waals surface area (Å²) in [5.41, 5.74) is 0. The van der Waals surface area contributed by atoms with Gasteiger partial charge in [0.1, 0.15) is 5.82 Å². The van der Waals surface area contributed by atoms with Crippen molar-refractivity contribution in [1.82, 2.24) is 9.36 Å². The standard InChI is InChI=1S/C9H15N3OS/c1-6-3-8(13)5-12(4-6)9-10-7(2)11-14-9/h6,8,13H,3-5H2,1-2H3. The molecule has 0 radical (unpaired) electrons. The zero-order valence-electron chi connectivity index (χ0n) is 8.47. The number of anilines is 1. The van der Waals surface area contributed by atoms with Crippen LogP contribution in [0.25, 0.3) is 0 Å². The second-order valence-corrected chi connectivity index (χ2v) is 4.75. The van der Waals surface area contributed by atoms with Crippen LogP contribution in [-0.4, -0.2) is 33.7 Å². The van der Waals surface area contributed by atoms with E-state index in [2.05, 4.69) is 21.2 Å². The summed E-state index contributed by atoms with van der Waals surface area (Å²) in [6.07, 6.45) is 0.678. The van der Waals surface area contributed by atoms with Gasteiger partial charge in [-0.05, 0) is 19.3 Å². The molecule has 0 spiro atoms. The molecule has 1 N–H and O–H groups in total. The van der Waals surface area contributed by atoms with Gasteiger partial charge in [0.2, 0.25) is 5.13 Å². The number of aliphatic hydroxyl groups excluding tert-OH is 1. The fourth-order valence-electron chi connectivity index (χ4n) is 1.89. The Bertz CT molecular complexity index is 305. The maximum Gasteiger partial charge on any atom is 0.205 e. The van der Waals surface area contributed by atoms with Crippen LogP contribution in [0, 0.1) is 12.8 Å². The highest BCUT2D eigenvalue weighted by Crippen LogP contribution is 2.24. The smallest absolute Gasteiger partial charge is 0.205 e. The first-order chi connectivity index (χ1) is 6.65. The van der Waals surface area contributed by atoms with Crippen LogP contribution < -0.4 is 4.90 Å². The Morgan fingerprint density at radius 1 is 1.50 bits per heavy atom. The quantitative estimate of drug-likeness (QED) is 0.757. The summed E-state index contributed by atoms with van der Waals surface area (Å²) in [5.74, 6) is 1.35. The van der Waals surface area contributed by atoms with Gasteiger partial charge in [-0.2, -0.15) is 4.37 Å². The lowest BCUT2D eigenvalue weighted by molar-refractivity contribution is 0.132. The highest BCUT2D eigenvalue weighted by molar-refractivity contribution is 7.09. The second-order valence-electron chi connectivity index (χ2n) is 4.02. The van der Waals surface area contributed by atoms with E-state index in [1.54, 1.807) is 0 Å². The molecule has 4 nitrogen and oxygen atoms in total. The van der Waals surface area contributed by atoms with Crippen molar-refractivity contribution in [2.45, 2.75) is 26.4 Å². The molecular formula is C9H15N3OS. The predicted octanol–water partition coefficient (Wildman–Crippen LogP) is 1.05. The minimum Gasteiger partial charge on any atom is -0.391 e. The molecule has 0 aromatic carbocycles. The van der Waals surface area contributed by atoms with E-state index in [0.717, 1.165) is 23.9 Å². The topological polar surface area (TPSA) is 49.2 Å². The van der Waals surface area contributed by atoms with Crippen molar-refractivity contribution in [3.63, 3.8) is 0 Å². The minimum absolute atomic E-state index is 0.219. The summed E-state index contributed by atoms with van der Waals surface area (Å²) in [5, 5.41) is 10.6. The Morgan fingerprint density at radius 2 is 2.29 bits per heavy atom. The van der Waals surface area contributed by atoms with Crippen molar-refractivity contribution in [3.8, 4) is 0 Å². The number of aliphatic hydroxyl groups is 1. The zero-order chi connectivity index (χ0) is 10.1. The Balaban J connectivity index is 2.10. The van der Waals surface area contributed by atoms with Crippen LogP contribution in [0.1, 0.15) is 19.2 Å². The van der Waals surface area contributed by atoms with Gasteiger partial charge in [0.05, 0.1) is 6.10 Å². The first-order valence-electron chi connectivity index (χ1n) is 4.88. The van der Waals surface area contributed by atoms with E-state index in [-0.39, 0.29) is 6.10 Å². The molecule has 14 heavy (non-hydrogen) atoms. The lowest BCUT2D eigenvalue weighted by atomic mass is 9.98. The van der Waals surface area contributed by atoms with E-state index in [1.807, 2.05) is 6.92 Å². The molecule has 1 aliphatic rings. The Labute approximate surface area is 87.8 Å². The molecule has 5 heteroatoms. The zero-order valence-corrected chi connectivity index (χ0v) is 9.29. The number of hydrogen-bond donors (Lipinski definition) is 1. The summed E-state index contributed by atoms with van der Waals surface area (Å²) < 4.78 is 4.15. The third kappa shape index (κ3) is 2.04. The van der Waals surface area contributed by atoms with E-state index in [1.165, 1.54) is 11.5 Å². The Morgan fingerprint density at radius 3 is 2.86 bits per heavy atom. The van der Waals surface area contributed by atoms with Crippen LogP contribution in [0.5, 0.6) is 0 Å². The first kappa shape index (κ1) is 9.86. The minimum atomic E-state index is -0.219. The van der Waals surface area contributed by atoms with Gasteiger partial charge in [0, 0.05) is 24.6 Å².